The normalized spacial score (nSPS) is 16.5. The molecule has 1 aromatic heterocycles. The van der Waals surface area contributed by atoms with E-state index in [9.17, 15) is 0 Å². The molecule has 1 aliphatic rings. The number of piperidine rings is 1. The van der Waals surface area contributed by atoms with Crippen LogP contribution in [0, 0.1) is 0 Å². The average Bonchev–Trinajstić information content (AvgIpc) is 2.83. The molecule has 0 bridgehead atoms. The standard InChI is InChI=1S/C15H17Cl2N3/c16-12-4-6-13(7-5-12)20-11-18-15(17)14(20)10-19-8-2-1-3-9-19/h4-7,11H,1-3,8-10H2. The van der Waals surface area contributed by atoms with Gasteiger partial charge >= 0.3 is 0 Å². The van der Waals surface area contributed by atoms with Crippen LogP contribution in [0.3, 0.4) is 0 Å². The number of halogens is 2. The fourth-order valence-electron chi connectivity index (χ4n) is 2.65. The Morgan fingerprint density at radius 1 is 1.00 bits per heavy atom. The Balaban J connectivity index is 1.86. The molecule has 0 saturated carbocycles. The molecule has 106 valence electrons. The van der Waals surface area contributed by atoms with Gasteiger partial charge in [0.15, 0.2) is 5.15 Å². The molecule has 1 aliphatic heterocycles. The van der Waals surface area contributed by atoms with Gasteiger partial charge in [-0.1, -0.05) is 29.6 Å². The van der Waals surface area contributed by atoms with Crippen molar-refractivity contribution in [1.29, 1.82) is 0 Å². The lowest BCUT2D eigenvalue weighted by Gasteiger charge is -2.26. The monoisotopic (exact) mass is 309 g/mol. The first-order valence-corrected chi connectivity index (χ1v) is 7.69. The van der Waals surface area contributed by atoms with Crippen molar-refractivity contribution in [3.63, 3.8) is 0 Å². The van der Waals surface area contributed by atoms with E-state index in [-0.39, 0.29) is 0 Å². The number of benzene rings is 1. The van der Waals surface area contributed by atoms with Crippen LogP contribution in [0.5, 0.6) is 0 Å². The molecule has 0 amide bonds. The lowest BCUT2D eigenvalue weighted by molar-refractivity contribution is 0.217. The number of rotatable bonds is 3. The predicted octanol–water partition coefficient (Wildman–Crippen LogP) is 4.17. The van der Waals surface area contributed by atoms with Gasteiger partial charge in [0.05, 0.1) is 5.69 Å². The van der Waals surface area contributed by atoms with Crippen LogP contribution < -0.4 is 0 Å². The summed E-state index contributed by atoms with van der Waals surface area (Å²) in [7, 11) is 0. The highest BCUT2D eigenvalue weighted by Gasteiger charge is 2.16. The van der Waals surface area contributed by atoms with Crippen molar-refractivity contribution >= 4 is 23.2 Å². The molecule has 3 rings (SSSR count). The van der Waals surface area contributed by atoms with Crippen molar-refractivity contribution in [2.75, 3.05) is 13.1 Å². The maximum absolute atomic E-state index is 6.26. The third-order valence-electron chi connectivity index (χ3n) is 3.74. The molecule has 1 fully saturated rings. The van der Waals surface area contributed by atoms with Crippen LogP contribution in [0.2, 0.25) is 10.2 Å². The Bertz CT molecular complexity index is 571. The zero-order chi connectivity index (χ0) is 13.9. The SMILES string of the molecule is Clc1ccc(-n2cnc(Cl)c2CN2CCCCC2)cc1. The van der Waals surface area contributed by atoms with E-state index in [1.165, 1.54) is 19.3 Å². The molecule has 0 N–H and O–H groups in total. The van der Waals surface area contributed by atoms with E-state index in [2.05, 4.69) is 9.88 Å². The van der Waals surface area contributed by atoms with E-state index >= 15 is 0 Å². The van der Waals surface area contributed by atoms with Gasteiger partial charge in [-0.2, -0.15) is 0 Å². The number of nitrogens with zero attached hydrogens (tertiary/aromatic N) is 3. The number of likely N-dealkylation sites (tertiary alicyclic amines) is 1. The average molecular weight is 310 g/mol. The molecule has 5 heteroatoms. The summed E-state index contributed by atoms with van der Waals surface area (Å²) >= 11 is 12.2. The minimum atomic E-state index is 0.588. The number of hydrogen-bond acceptors (Lipinski definition) is 2. The molecular weight excluding hydrogens is 293 g/mol. The Morgan fingerprint density at radius 2 is 1.70 bits per heavy atom. The van der Waals surface area contributed by atoms with Crippen LogP contribution in [0.15, 0.2) is 30.6 Å². The molecule has 0 atom stereocenters. The van der Waals surface area contributed by atoms with Crippen molar-refractivity contribution in [3.05, 3.63) is 46.5 Å². The lowest BCUT2D eigenvalue weighted by atomic mass is 10.1. The minimum absolute atomic E-state index is 0.588. The maximum atomic E-state index is 6.26. The van der Waals surface area contributed by atoms with E-state index < -0.39 is 0 Å². The van der Waals surface area contributed by atoms with Crippen molar-refractivity contribution in [2.24, 2.45) is 0 Å². The van der Waals surface area contributed by atoms with Gasteiger partial charge in [0.2, 0.25) is 0 Å². The van der Waals surface area contributed by atoms with Gasteiger partial charge in [0, 0.05) is 17.3 Å². The minimum Gasteiger partial charge on any atom is -0.300 e. The smallest absolute Gasteiger partial charge is 0.151 e. The Morgan fingerprint density at radius 3 is 2.40 bits per heavy atom. The fourth-order valence-corrected chi connectivity index (χ4v) is 2.97. The van der Waals surface area contributed by atoms with Gasteiger partial charge in [-0.05, 0) is 50.2 Å². The van der Waals surface area contributed by atoms with Crippen LogP contribution >= 0.6 is 23.2 Å². The summed E-state index contributed by atoms with van der Waals surface area (Å²) in [6, 6.07) is 7.74. The second kappa shape index (κ2) is 6.17. The fraction of sp³-hybridized carbons (Fsp3) is 0.400. The molecule has 0 radical (unpaired) electrons. The van der Waals surface area contributed by atoms with E-state index in [0.29, 0.717) is 5.15 Å². The van der Waals surface area contributed by atoms with Crippen molar-refractivity contribution in [1.82, 2.24) is 14.5 Å². The lowest BCUT2D eigenvalue weighted by Crippen LogP contribution is -2.30. The Hall–Kier alpha value is -1.03. The highest BCUT2D eigenvalue weighted by molar-refractivity contribution is 6.30. The molecule has 0 unspecified atom stereocenters. The molecule has 1 saturated heterocycles. The zero-order valence-corrected chi connectivity index (χ0v) is 12.7. The summed E-state index contributed by atoms with van der Waals surface area (Å²) in [4.78, 5) is 6.69. The zero-order valence-electron chi connectivity index (χ0n) is 11.2. The summed E-state index contributed by atoms with van der Waals surface area (Å²) in [5, 5.41) is 1.32. The van der Waals surface area contributed by atoms with Crippen molar-refractivity contribution in [2.45, 2.75) is 25.8 Å². The second-order valence-corrected chi connectivity index (χ2v) is 5.96. The third kappa shape index (κ3) is 3.00. The number of hydrogen-bond donors (Lipinski definition) is 0. The quantitative estimate of drug-likeness (QED) is 0.848. The van der Waals surface area contributed by atoms with Crippen LogP contribution in [0.25, 0.3) is 5.69 Å². The van der Waals surface area contributed by atoms with Crippen LogP contribution in [-0.4, -0.2) is 27.5 Å². The first-order valence-electron chi connectivity index (χ1n) is 6.94. The topological polar surface area (TPSA) is 21.1 Å². The van der Waals surface area contributed by atoms with Crippen LogP contribution in [-0.2, 0) is 6.54 Å². The number of aromatic nitrogens is 2. The summed E-state index contributed by atoms with van der Waals surface area (Å²) < 4.78 is 2.05. The van der Waals surface area contributed by atoms with Crippen LogP contribution in [0.4, 0.5) is 0 Å². The van der Waals surface area contributed by atoms with Crippen molar-refractivity contribution in [3.8, 4) is 5.69 Å². The highest BCUT2D eigenvalue weighted by atomic mass is 35.5. The second-order valence-electron chi connectivity index (χ2n) is 5.17. The van der Waals surface area contributed by atoms with Gasteiger partial charge in [0.25, 0.3) is 0 Å². The van der Waals surface area contributed by atoms with Gasteiger partial charge in [-0.3, -0.25) is 4.90 Å². The predicted molar refractivity (Wildman–Crippen MR) is 82.7 cm³/mol. The first kappa shape index (κ1) is 13.9. The van der Waals surface area contributed by atoms with E-state index in [1.54, 1.807) is 6.33 Å². The molecule has 20 heavy (non-hydrogen) atoms. The summed E-state index contributed by atoms with van der Waals surface area (Å²) in [5.41, 5.74) is 2.09. The van der Waals surface area contributed by atoms with E-state index in [0.717, 1.165) is 36.0 Å². The van der Waals surface area contributed by atoms with Gasteiger partial charge in [0.1, 0.15) is 6.33 Å². The molecule has 2 heterocycles. The third-order valence-corrected chi connectivity index (χ3v) is 4.31. The molecule has 2 aromatic rings. The molecular formula is C15H17Cl2N3. The molecule has 1 aromatic carbocycles. The largest absolute Gasteiger partial charge is 0.300 e. The molecule has 0 spiro atoms. The molecule has 0 aliphatic carbocycles. The van der Waals surface area contributed by atoms with E-state index in [4.69, 9.17) is 23.2 Å². The highest BCUT2D eigenvalue weighted by Crippen LogP contribution is 2.23. The summed E-state index contributed by atoms with van der Waals surface area (Å²) in [5.74, 6) is 0. The van der Waals surface area contributed by atoms with Gasteiger partial charge < -0.3 is 4.57 Å². The number of imidazole rings is 1. The van der Waals surface area contributed by atoms with Crippen molar-refractivity contribution < 1.29 is 0 Å². The van der Waals surface area contributed by atoms with Gasteiger partial charge in [-0.15, -0.1) is 0 Å². The molecule has 3 nitrogen and oxygen atoms in total. The summed E-state index contributed by atoms with van der Waals surface area (Å²) in [6.45, 7) is 3.13. The maximum Gasteiger partial charge on any atom is 0.151 e. The Labute approximate surface area is 129 Å². The first-order chi connectivity index (χ1) is 9.74. The summed E-state index contributed by atoms with van der Waals surface area (Å²) in [6.07, 6.45) is 5.66. The van der Waals surface area contributed by atoms with E-state index in [1.807, 2.05) is 28.8 Å². The van der Waals surface area contributed by atoms with Crippen LogP contribution in [0.1, 0.15) is 25.0 Å². The van der Waals surface area contributed by atoms with Gasteiger partial charge in [-0.25, -0.2) is 4.98 Å². The Kier molecular flexibility index (Phi) is 4.29.